The molecule has 0 aliphatic heterocycles. The maximum Gasteiger partial charge on any atom is 0.0669 e. The van der Waals surface area contributed by atoms with Crippen LogP contribution < -0.4 is 4.72 Å². The molecule has 0 aromatic heterocycles. The molecule has 2 aromatic rings. The molecule has 0 saturated carbocycles. The highest BCUT2D eigenvalue weighted by Crippen LogP contribution is 2.21. The van der Waals surface area contributed by atoms with Crippen LogP contribution in [0.3, 0.4) is 0 Å². The van der Waals surface area contributed by atoms with Crippen molar-refractivity contribution in [3.05, 3.63) is 71.8 Å². The second kappa shape index (κ2) is 5.01. The minimum atomic E-state index is 0.149. The van der Waals surface area contributed by atoms with E-state index in [1.54, 1.807) is 0 Å². The highest BCUT2D eigenvalue weighted by Gasteiger charge is 2.10. The van der Waals surface area contributed by atoms with Crippen molar-refractivity contribution < 1.29 is 0 Å². The fourth-order valence-corrected chi connectivity index (χ4v) is 1.93. The maximum absolute atomic E-state index is 4.19. The average molecular weight is 215 g/mol. The third kappa shape index (κ3) is 2.41. The summed E-state index contributed by atoms with van der Waals surface area (Å²) in [6.45, 7) is 0. The van der Waals surface area contributed by atoms with E-state index in [1.165, 1.54) is 11.1 Å². The van der Waals surface area contributed by atoms with E-state index in [4.69, 9.17) is 0 Å². The SMILES string of the molecule is SNC(c1ccccc1)c1ccccc1. The molecular weight excluding hydrogens is 202 g/mol. The Bertz CT molecular complexity index is 360. The molecule has 1 N–H and O–H groups in total. The number of benzene rings is 2. The van der Waals surface area contributed by atoms with Crippen molar-refractivity contribution in [2.75, 3.05) is 0 Å². The van der Waals surface area contributed by atoms with Crippen LogP contribution in [0.25, 0.3) is 0 Å². The highest BCUT2D eigenvalue weighted by molar-refractivity contribution is 7.78. The lowest BCUT2D eigenvalue weighted by atomic mass is 10.00. The molecule has 0 fully saturated rings. The van der Waals surface area contributed by atoms with Crippen LogP contribution in [0.5, 0.6) is 0 Å². The van der Waals surface area contributed by atoms with Gasteiger partial charge in [-0.25, -0.2) is 0 Å². The Morgan fingerprint density at radius 1 is 0.733 bits per heavy atom. The van der Waals surface area contributed by atoms with Crippen molar-refractivity contribution in [1.29, 1.82) is 0 Å². The molecule has 0 saturated heterocycles. The van der Waals surface area contributed by atoms with E-state index in [1.807, 2.05) is 36.4 Å². The first-order valence-corrected chi connectivity index (χ1v) is 5.36. The first-order valence-electron chi connectivity index (χ1n) is 4.91. The molecule has 76 valence electrons. The van der Waals surface area contributed by atoms with Crippen molar-refractivity contribution in [1.82, 2.24) is 4.72 Å². The third-order valence-corrected chi connectivity index (χ3v) is 2.65. The van der Waals surface area contributed by atoms with E-state index < -0.39 is 0 Å². The first-order chi connectivity index (χ1) is 7.42. The summed E-state index contributed by atoms with van der Waals surface area (Å²) >= 11 is 4.19. The predicted octanol–water partition coefficient (Wildman–Crippen LogP) is 3.21. The molecule has 2 aromatic carbocycles. The monoisotopic (exact) mass is 215 g/mol. The van der Waals surface area contributed by atoms with E-state index in [-0.39, 0.29) is 6.04 Å². The van der Waals surface area contributed by atoms with Gasteiger partial charge in [0.05, 0.1) is 6.04 Å². The molecule has 2 heteroatoms. The fraction of sp³-hybridized carbons (Fsp3) is 0.0769. The molecule has 0 radical (unpaired) electrons. The normalized spacial score (nSPS) is 10.5. The Kier molecular flexibility index (Phi) is 3.43. The Morgan fingerprint density at radius 3 is 1.47 bits per heavy atom. The van der Waals surface area contributed by atoms with Gasteiger partial charge in [-0.05, 0) is 11.1 Å². The quantitative estimate of drug-likeness (QED) is 0.749. The molecular formula is C13H13NS. The number of hydrogen-bond acceptors (Lipinski definition) is 2. The van der Waals surface area contributed by atoms with Crippen LogP contribution in [0.2, 0.25) is 0 Å². The maximum atomic E-state index is 4.19. The van der Waals surface area contributed by atoms with E-state index in [0.717, 1.165) is 0 Å². The van der Waals surface area contributed by atoms with E-state index in [2.05, 4.69) is 41.8 Å². The van der Waals surface area contributed by atoms with Crippen molar-refractivity contribution in [3.63, 3.8) is 0 Å². The van der Waals surface area contributed by atoms with Gasteiger partial charge in [-0.15, -0.1) is 0 Å². The smallest absolute Gasteiger partial charge is 0.0669 e. The van der Waals surface area contributed by atoms with Gasteiger partial charge >= 0.3 is 0 Å². The lowest BCUT2D eigenvalue weighted by Crippen LogP contribution is -2.12. The summed E-state index contributed by atoms with van der Waals surface area (Å²) in [5.41, 5.74) is 2.44. The molecule has 0 unspecified atom stereocenters. The second-order valence-electron chi connectivity index (χ2n) is 3.38. The summed E-state index contributed by atoms with van der Waals surface area (Å²) in [5.74, 6) is 0. The van der Waals surface area contributed by atoms with Gasteiger partial charge < -0.3 is 0 Å². The van der Waals surface area contributed by atoms with Gasteiger partial charge in [0.25, 0.3) is 0 Å². The molecule has 0 atom stereocenters. The zero-order valence-electron chi connectivity index (χ0n) is 8.30. The Morgan fingerprint density at radius 2 is 1.13 bits per heavy atom. The van der Waals surface area contributed by atoms with Crippen molar-refractivity contribution in [3.8, 4) is 0 Å². The van der Waals surface area contributed by atoms with Gasteiger partial charge in [-0.2, -0.15) is 0 Å². The average Bonchev–Trinajstić information content (AvgIpc) is 2.33. The first kappa shape index (κ1) is 10.3. The standard InChI is InChI=1S/C13H13NS/c15-14-13(11-7-3-1-4-8-11)12-9-5-2-6-10-12/h1-10,13-15H. The molecule has 2 rings (SSSR count). The summed E-state index contributed by atoms with van der Waals surface area (Å²) in [7, 11) is 0. The van der Waals surface area contributed by atoms with E-state index in [0.29, 0.717) is 0 Å². The van der Waals surface area contributed by atoms with Crippen molar-refractivity contribution >= 4 is 12.8 Å². The van der Waals surface area contributed by atoms with Crippen LogP contribution >= 0.6 is 12.8 Å². The van der Waals surface area contributed by atoms with Gasteiger partial charge in [-0.1, -0.05) is 73.5 Å². The Balaban J connectivity index is 2.34. The van der Waals surface area contributed by atoms with Crippen LogP contribution in [-0.2, 0) is 0 Å². The topological polar surface area (TPSA) is 12.0 Å². The molecule has 1 nitrogen and oxygen atoms in total. The molecule has 0 spiro atoms. The fourth-order valence-electron chi connectivity index (χ4n) is 1.63. The van der Waals surface area contributed by atoms with Gasteiger partial charge in [-0.3, -0.25) is 4.72 Å². The van der Waals surface area contributed by atoms with Crippen LogP contribution in [0.4, 0.5) is 0 Å². The third-order valence-electron chi connectivity index (χ3n) is 2.39. The Labute approximate surface area is 95.7 Å². The molecule has 0 bridgehead atoms. The van der Waals surface area contributed by atoms with Crippen molar-refractivity contribution in [2.24, 2.45) is 0 Å². The number of nitrogens with one attached hydrogen (secondary N) is 1. The predicted molar refractivity (Wildman–Crippen MR) is 66.8 cm³/mol. The van der Waals surface area contributed by atoms with Crippen LogP contribution in [0.15, 0.2) is 60.7 Å². The van der Waals surface area contributed by atoms with E-state index >= 15 is 0 Å². The highest BCUT2D eigenvalue weighted by atomic mass is 32.1. The van der Waals surface area contributed by atoms with Crippen molar-refractivity contribution in [2.45, 2.75) is 6.04 Å². The van der Waals surface area contributed by atoms with Gasteiger partial charge in [0.2, 0.25) is 0 Å². The summed E-state index contributed by atoms with van der Waals surface area (Å²) in [4.78, 5) is 0. The molecule has 0 aliphatic rings. The van der Waals surface area contributed by atoms with E-state index in [9.17, 15) is 0 Å². The summed E-state index contributed by atoms with van der Waals surface area (Å²) in [5, 5.41) is 0. The summed E-state index contributed by atoms with van der Waals surface area (Å²) in [6, 6.07) is 20.7. The molecule has 0 amide bonds. The van der Waals surface area contributed by atoms with Gasteiger partial charge in [0.1, 0.15) is 0 Å². The number of rotatable bonds is 3. The van der Waals surface area contributed by atoms with Gasteiger partial charge in [0, 0.05) is 0 Å². The minimum Gasteiger partial charge on any atom is -0.255 e. The zero-order chi connectivity index (χ0) is 10.5. The number of thiol groups is 1. The second-order valence-corrected chi connectivity index (χ2v) is 3.64. The largest absolute Gasteiger partial charge is 0.255 e. The lowest BCUT2D eigenvalue weighted by molar-refractivity contribution is 0.809. The molecule has 0 aliphatic carbocycles. The van der Waals surface area contributed by atoms with Crippen LogP contribution in [0.1, 0.15) is 17.2 Å². The van der Waals surface area contributed by atoms with Crippen LogP contribution in [0, 0.1) is 0 Å². The summed E-state index contributed by atoms with van der Waals surface area (Å²) in [6.07, 6.45) is 0. The minimum absolute atomic E-state index is 0.149. The van der Waals surface area contributed by atoms with Crippen LogP contribution in [-0.4, -0.2) is 0 Å². The van der Waals surface area contributed by atoms with Gasteiger partial charge in [0.15, 0.2) is 0 Å². The zero-order valence-corrected chi connectivity index (χ0v) is 9.19. The molecule has 15 heavy (non-hydrogen) atoms. The Hall–Kier alpha value is -1.25. The lowest BCUT2D eigenvalue weighted by Gasteiger charge is -2.16. The summed E-state index contributed by atoms with van der Waals surface area (Å²) < 4.78 is 3.03. The molecule has 0 heterocycles. The number of hydrogen-bond donors (Lipinski definition) is 2.